The molecule has 2 atom stereocenters. The van der Waals surface area contributed by atoms with Gasteiger partial charge in [-0.3, -0.25) is 19.6 Å². The number of hydrogen-bond donors (Lipinski definition) is 2. The van der Waals surface area contributed by atoms with E-state index in [1.54, 1.807) is 4.68 Å². The molecule has 5 heterocycles. The number of aromatic nitrogens is 4. The molecule has 0 spiro atoms. The Bertz CT molecular complexity index is 1560. The van der Waals surface area contributed by atoms with Gasteiger partial charge in [-0.15, -0.1) is 0 Å². The van der Waals surface area contributed by atoms with Crippen LogP contribution in [0.4, 0.5) is 14.7 Å². The van der Waals surface area contributed by atoms with E-state index in [0.29, 0.717) is 42.3 Å². The highest BCUT2D eigenvalue weighted by Gasteiger charge is 2.31. The zero-order valence-electron chi connectivity index (χ0n) is 25.2. The lowest BCUT2D eigenvalue weighted by molar-refractivity contribution is -0.135. The van der Waals surface area contributed by atoms with Crippen molar-refractivity contribution in [3.05, 3.63) is 41.3 Å². The normalized spacial score (nSPS) is 21.5. The Kier molecular flexibility index (Phi) is 10.4. The molecule has 12 nitrogen and oxygen atoms in total. The van der Waals surface area contributed by atoms with Crippen LogP contribution in [-0.2, 0) is 20.6 Å². The molecular formula is C30H37ClF2N8O4S. The summed E-state index contributed by atoms with van der Waals surface area (Å²) in [5.74, 6) is 0.680. The Balaban J connectivity index is 0.914. The van der Waals surface area contributed by atoms with Crippen molar-refractivity contribution in [2.75, 3.05) is 43.8 Å². The van der Waals surface area contributed by atoms with E-state index in [0.717, 1.165) is 62.6 Å². The number of nitrogens with one attached hydrogen (secondary N) is 2. The molecule has 2 N–H and O–H groups in total. The van der Waals surface area contributed by atoms with Gasteiger partial charge in [0.1, 0.15) is 6.04 Å². The van der Waals surface area contributed by atoms with Gasteiger partial charge in [-0.05, 0) is 81.8 Å². The Hall–Kier alpha value is -3.27. The number of benzene rings is 1. The summed E-state index contributed by atoms with van der Waals surface area (Å²) >= 11 is 6.51. The molecule has 3 aliphatic heterocycles. The SMILES string of the molecule is O=C1CCC(n2nc(Cl)c3cc(C4CCN(CCCS(=O)N5CCC(Nc6ncc(OC(F)F)cn6)CC5)CC4)ccc32)C(=O)N1. The van der Waals surface area contributed by atoms with Crippen LogP contribution in [0, 0.1) is 0 Å². The van der Waals surface area contributed by atoms with Gasteiger partial charge in [-0.1, -0.05) is 17.7 Å². The van der Waals surface area contributed by atoms with Crippen LogP contribution in [0.3, 0.4) is 0 Å². The maximum absolute atomic E-state index is 13.0. The maximum atomic E-state index is 13.0. The molecule has 2 aromatic heterocycles. The molecule has 3 aliphatic rings. The number of ether oxygens (including phenoxy) is 1. The largest absolute Gasteiger partial charge is 0.432 e. The number of halogens is 3. The molecule has 0 aliphatic carbocycles. The number of carbonyl (C=O) groups excluding carboxylic acids is 2. The molecule has 3 saturated heterocycles. The minimum absolute atomic E-state index is 0.0865. The third-order valence-corrected chi connectivity index (χ3v) is 10.8. The second-order valence-electron chi connectivity index (χ2n) is 11.9. The third-order valence-electron chi connectivity index (χ3n) is 8.97. The number of carbonyl (C=O) groups is 2. The molecule has 1 aromatic carbocycles. The summed E-state index contributed by atoms with van der Waals surface area (Å²) in [5.41, 5.74) is 2.00. The van der Waals surface area contributed by atoms with Crippen molar-refractivity contribution in [1.82, 2.24) is 34.3 Å². The molecule has 248 valence electrons. The van der Waals surface area contributed by atoms with Gasteiger partial charge < -0.3 is 15.0 Å². The molecule has 2 unspecified atom stereocenters. The van der Waals surface area contributed by atoms with Crippen molar-refractivity contribution in [2.24, 2.45) is 0 Å². The Labute approximate surface area is 272 Å². The number of alkyl halides is 2. The standard InChI is InChI=1S/C30H37ClF2N8O4S/c31-27-23-16-20(2-3-24(23)41(38-27)25-4-5-26(42)37-28(25)43)19-6-11-39(12-7-19)10-1-15-46(44)40-13-8-21(9-14-40)36-30-34-17-22(18-35-30)45-29(32)33/h2-3,16-19,21,25,29H,1,4-15H2,(H,34,35,36)(H,37,42,43). The number of fused-ring (bicyclic) bond motifs is 1. The van der Waals surface area contributed by atoms with E-state index < -0.39 is 23.6 Å². The van der Waals surface area contributed by atoms with Crippen LogP contribution in [0.25, 0.3) is 10.9 Å². The van der Waals surface area contributed by atoms with Crippen LogP contribution >= 0.6 is 11.6 Å². The number of amides is 2. The monoisotopic (exact) mass is 678 g/mol. The van der Waals surface area contributed by atoms with Gasteiger partial charge >= 0.3 is 6.61 Å². The fraction of sp³-hybridized carbons (Fsp3) is 0.567. The van der Waals surface area contributed by atoms with E-state index in [2.05, 4.69) is 47.5 Å². The topological polar surface area (TPSA) is 135 Å². The van der Waals surface area contributed by atoms with Crippen molar-refractivity contribution in [3.8, 4) is 5.75 Å². The van der Waals surface area contributed by atoms with Crippen molar-refractivity contribution in [1.29, 1.82) is 0 Å². The summed E-state index contributed by atoms with van der Waals surface area (Å²) in [6.07, 6.45) is 7.56. The van der Waals surface area contributed by atoms with E-state index in [1.165, 1.54) is 18.0 Å². The second-order valence-corrected chi connectivity index (χ2v) is 13.9. The average molecular weight is 679 g/mol. The molecule has 3 fully saturated rings. The molecule has 0 radical (unpaired) electrons. The van der Waals surface area contributed by atoms with E-state index in [4.69, 9.17) is 11.6 Å². The van der Waals surface area contributed by atoms with Gasteiger partial charge in [0, 0.05) is 36.7 Å². The van der Waals surface area contributed by atoms with Gasteiger partial charge in [0.25, 0.3) is 5.91 Å². The van der Waals surface area contributed by atoms with Gasteiger partial charge in [0.05, 0.1) is 28.9 Å². The minimum atomic E-state index is -2.92. The van der Waals surface area contributed by atoms with Crippen molar-refractivity contribution in [2.45, 2.75) is 69.6 Å². The molecule has 0 bridgehead atoms. The molecule has 16 heteroatoms. The summed E-state index contributed by atoms with van der Waals surface area (Å²) in [5, 5.41) is 11.2. The molecule has 6 rings (SSSR count). The lowest BCUT2D eigenvalue weighted by Crippen LogP contribution is -2.42. The van der Waals surface area contributed by atoms with Crippen LogP contribution in [0.5, 0.6) is 5.75 Å². The van der Waals surface area contributed by atoms with Gasteiger partial charge in [-0.2, -0.15) is 13.9 Å². The summed E-state index contributed by atoms with van der Waals surface area (Å²) < 4.78 is 45.5. The van der Waals surface area contributed by atoms with Crippen LogP contribution in [0.15, 0.2) is 30.6 Å². The van der Waals surface area contributed by atoms with Gasteiger partial charge in [0.15, 0.2) is 10.9 Å². The zero-order valence-corrected chi connectivity index (χ0v) is 26.8. The quantitative estimate of drug-likeness (QED) is 0.290. The third kappa shape index (κ3) is 7.81. The van der Waals surface area contributed by atoms with Gasteiger partial charge in [-0.25, -0.2) is 18.5 Å². The number of likely N-dealkylation sites (tertiary alicyclic amines) is 1. The summed E-state index contributed by atoms with van der Waals surface area (Å²) in [7, 11) is -1.04. The van der Waals surface area contributed by atoms with E-state index in [9.17, 15) is 22.6 Å². The summed E-state index contributed by atoms with van der Waals surface area (Å²) in [6, 6.07) is 5.73. The number of anilines is 1. The lowest BCUT2D eigenvalue weighted by Gasteiger charge is -2.33. The first kappa shape index (κ1) is 32.7. The molecule has 0 saturated carbocycles. The van der Waals surface area contributed by atoms with Crippen molar-refractivity contribution in [3.63, 3.8) is 0 Å². The van der Waals surface area contributed by atoms with Crippen LogP contribution in [0.1, 0.15) is 62.5 Å². The number of nitrogens with zero attached hydrogens (tertiary/aromatic N) is 6. The Morgan fingerprint density at radius 2 is 1.80 bits per heavy atom. The predicted octanol–water partition coefficient (Wildman–Crippen LogP) is 3.87. The number of rotatable bonds is 11. The number of hydrogen-bond acceptors (Lipinski definition) is 9. The highest BCUT2D eigenvalue weighted by Crippen LogP contribution is 2.34. The Morgan fingerprint density at radius 1 is 1.07 bits per heavy atom. The fourth-order valence-corrected chi connectivity index (χ4v) is 7.98. The predicted molar refractivity (Wildman–Crippen MR) is 169 cm³/mol. The first-order valence-electron chi connectivity index (χ1n) is 15.6. The first-order valence-corrected chi connectivity index (χ1v) is 17.3. The van der Waals surface area contributed by atoms with Crippen LogP contribution < -0.4 is 15.4 Å². The lowest BCUT2D eigenvalue weighted by atomic mass is 9.89. The Morgan fingerprint density at radius 3 is 2.50 bits per heavy atom. The van der Waals surface area contributed by atoms with Crippen molar-refractivity contribution >= 4 is 51.3 Å². The van der Waals surface area contributed by atoms with Gasteiger partial charge in [0.2, 0.25) is 11.9 Å². The molecule has 3 aromatic rings. The summed E-state index contributed by atoms with van der Waals surface area (Å²) in [6.45, 7) is 1.32. The van der Waals surface area contributed by atoms with Crippen LogP contribution in [-0.4, -0.2) is 96.1 Å². The number of piperidine rings is 3. The van der Waals surface area contributed by atoms with E-state index in [-0.39, 0.29) is 30.0 Å². The fourth-order valence-electron chi connectivity index (χ4n) is 6.50. The van der Waals surface area contributed by atoms with Crippen LogP contribution in [0.2, 0.25) is 5.15 Å². The zero-order chi connectivity index (χ0) is 32.2. The second kappa shape index (κ2) is 14.7. The molecule has 46 heavy (non-hydrogen) atoms. The highest BCUT2D eigenvalue weighted by atomic mass is 35.5. The van der Waals surface area contributed by atoms with E-state index in [1.807, 2.05) is 10.4 Å². The highest BCUT2D eigenvalue weighted by molar-refractivity contribution is 7.82. The summed E-state index contributed by atoms with van der Waals surface area (Å²) in [4.78, 5) is 34.5. The van der Waals surface area contributed by atoms with Crippen molar-refractivity contribution < 1.29 is 27.3 Å². The maximum Gasteiger partial charge on any atom is 0.387 e. The first-order chi connectivity index (χ1) is 22.2. The average Bonchev–Trinajstić information content (AvgIpc) is 3.37. The molecule has 2 amide bonds. The number of imide groups is 1. The van der Waals surface area contributed by atoms with E-state index >= 15 is 0 Å². The minimum Gasteiger partial charge on any atom is -0.432 e. The molecular weight excluding hydrogens is 642 g/mol. The smallest absolute Gasteiger partial charge is 0.387 e.